The van der Waals surface area contributed by atoms with E-state index in [9.17, 15) is 10.1 Å². The molecule has 3 rings (SSSR count). The predicted molar refractivity (Wildman–Crippen MR) is 91.5 cm³/mol. The Kier molecular flexibility index (Phi) is 4.76. The molecule has 1 aromatic heterocycles. The first kappa shape index (κ1) is 15.6. The van der Waals surface area contributed by atoms with E-state index >= 15 is 0 Å². The summed E-state index contributed by atoms with van der Waals surface area (Å²) in [5.41, 5.74) is 2.02. The van der Waals surface area contributed by atoms with Crippen molar-refractivity contribution in [2.75, 3.05) is 4.90 Å². The second kappa shape index (κ2) is 7.32. The summed E-state index contributed by atoms with van der Waals surface area (Å²) in [6.07, 6.45) is 2.58. The average Bonchev–Trinajstić information content (AvgIpc) is 2.63. The summed E-state index contributed by atoms with van der Waals surface area (Å²) in [5, 5.41) is 11.3. The number of anilines is 1. The summed E-state index contributed by atoms with van der Waals surface area (Å²) in [6, 6.07) is 19.6. The first-order valence-electron chi connectivity index (χ1n) is 7.51. The van der Waals surface area contributed by atoms with Crippen molar-refractivity contribution >= 4 is 11.5 Å². The highest BCUT2D eigenvalue weighted by Crippen LogP contribution is 2.27. The zero-order chi connectivity index (χ0) is 16.8. The van der Waals surface area contributed by atoms with E-state index in [1.165, 1.54) is 12.5 Å². The molecule has 120 valence electrons. The van der Waals surface area contributed by atoms with Gasteiger partial charge in [0.25, 0.3) is 0 Å². The SMILES string of the molecule is O=[N+]([O-])c1cncnc1N(Cc1ccccc1)Cc1ccccc1. The van der Waals surface area contributed by atoms with Crippen LogP contribution in [0.4, 0.5) is 11.5 Å². The van der Waals surface area contributed by atoms with Crippen LogP contribution in [0.15, 0.2) is 73.2 Å². The molecule has 0 saturated carbocycles. The van der Waals surface area contributed by atoms with Crippen molar-refractivity contribution in [3.63, 3.8) is 0 Å². The van der Waals surface area contributed by atoms with Gasteiger partial charge in [0, 0.05) is 13.1 Å². The lowest BCUT2D eigenvalue weighted by Crippen LogP contribution is -2.24. The van der Waals surface area contributed by atoms with Gasteiger partial charge in [0.05, 0.1) is 4.92 Å². The lowest BCUT2D eigenvalue weighted by Gasteiger charge is -2.23. The molecule has 0 unspecified atom stereocenters. The van der Waals surface area contributed by atoms with Gasteiger partial charge < -0.3 is 4.90 Å². The maximum Gasteiger partial charge on any atom is 0.329 e. The minimum absolute atomic E-state index is 0.0932. The Morgan fingerprint density at radius 3 is 1.96 bits per heavy atom. The molecular weight excluding hydrogens is 304 g/mol. The third-order valence-electron chi connectivity index (χ3n) is 3.60. The van der Waals surface area contributed by atoms with Crippen LogP contribution >= 0.6 is 0 Å². The number of rotatable bonds is 6. The first-order valence-corrected chi connectivity index (χ1v) is 7.51. The second-order valence-electron chi connectivity index (χ2n) is 5.32. The van der Waals surface area contributed by atoms with E-state index in [1.807, 2.05) is 65.6 Å². The second-order valence-corrected chi connectivity index (χ2v) is 5.32. The number of hydrogen-bond acceptors (Lipinski definition) is 5. The summed E-state index contributed by atoms with van der Waals surface area (Å²) in [6.45, 7) is 1.04. The molecule has 0 aliphatic heterocycles. The van der Waals surface area contributed by atoms with Crippen LogP contribution in [0.2, 0.25) is 0 Å². The van der Waals surface area contributed by atoms with Crippen molar-refractivity contribution in [3.8, 4) is 0 Å². The zero-order valence-corrected chi connectivity index (χ0v) is 12.9. The Bertz CT molecular complexity index is 768. The predicted octanol–water partition coefficient (Wildman–Crippen LogP) is 3.59. The standard InChI is InChI=1S/C18H16N4O2/c23-22(24)17-11-19-14-20-18(17)21(12-15-7-3-1-4-8-15)13-16-9-5-2-6-10-16/h1-11,14H,12-13H2. The van der Waals surface area contributed by atoms with Crippen LogP contribution in [-0.2, 0) is 13.1 Å². The molecule has 0 radical (unpaired) electrons. The Morgan fingerprint density at radius 1 is 0.917 bits per heavy atom. The Morgan fingerprint density at radius 2 is 1.46 bits per heavy atom. The minimum atomic E-state index is -0.446. The largest absolute Gasteiger partial charge is 0.342 e. The van der Waals surface area contributed by atoms with Gasteiger partial charge in [0.15, 0.2) is 0 Å². The number of nitrogens with zero attached hydrogens (tertiary/aromatic N) is 4. The quantitative estimate of drug-likeness (QED) is 0.512. The van der Waals surface area contributed by atoms with Crippen LogP contribution in [0.25, 0.3) is 0 Å². The van der Waals surface area contributed by atoms with Gasteiger partial charge >= 0.3 is 5.69 Å². The number of nitro groups is 1. The van der Waals surface area contributed by atoms with Crippen LogP contribution in [-0.4, -0.2) is 14.9 Å². The summed E-state index contributed by atoms with van der Waals surface area (Å²) < 4.78 is 0. The fourth-order valence-electron chi connectivity index (χ4n) is 2.50. The lowest BCUT2D eigenvalue weighted by molar-refractivity contribution is -0.384. The topological polar surface area (TPSA) is 72.2 Å². The van der Waals surface area contributed by atoms with Gasteiger partial charge in [-0.05, 0) is 11.1 Å². The molecule has 2 aromatic carbocycles. The lowest BCUT2D eigenvalue weighted by atomic mass is 10.1. The summed E-state index contributed by atoms with van der Waals surface area (Å²) >= 11 is 0. The van der Waals surface area contributed by atoms with Crippen molar-refractivity contribution in [2.45, 2.75) is 13.1 Å². The van der Waals surface area contributed by atoms with Crippen molar-refractivity contribution < 1.29 is 4.92 Å². The molecule has 0 bridgehead atoms. The highest BCUT2D eigenvalue weighted by Gasteiger charge is 2.21. The number of aromatic nitrogens is 2. The van der Waals surface area contributed by atoms with E-state index < -0.39 is 4.92 Å². The third-order valence-corrected chi connectivity index (χ3v) is 3.60. The summed E-state index contributed by atoms with van der Waals surface area (Å²) in [4.78, 5) is 20.7. The van der Waals surface area contributed by atoms with E-state index in [-0.39, 0.29) is 5.69 Å². The molecule has 0 spiro atoms. The molecule has 0 aliphatic carbocycles. The molecular formula is C18H16N4O2. The monoisotopic (exact) mass is 320 g/mol. The summed E-state index contributed by atoms with van der Waals surface area (Å²) in [7, 11) is 0. The van der Waals surface area contributed by atoms with Gasteiger partial charge in [-0.25, -0.2) is 9.97 Å². The van der Waals surface area contributed by atoms with Crippen LogP contribution in [0.5, 0.6) is 0 Å². The molecule has 1 heterocycles. The van der Waals surface area contributed by atoms with E-state index in [0.717, 1.165) is 11.1 Å². The van der Waals surface area contributed by atoms with Crippen molar-refractivity contribution in [2.24, 2.45) is 0 Å². The van der Waals surface area contributed by atoms with Crippen LogP contribution in [0.1, 0.15) is 11.1 Å². The molecule has 6 nitrogen and oxygen atoms in total. The fraction of sp³-hybridized carbons (Fsp3) is 0.111. The maximum atomic E-state index is 11.3. The summed E-state index contributed by atoms with van der Waals surface area (Å²) in [5.74, 6) is 0.322. The van der Waals surface area contributed by atoms with Gasteiger partial charge in [-0.1, -0.05) is 60.7 Å². The Labute approximate surface area is 139 Å². The van der Waals surface area contributed by atoms with E-state index in [4.69, 9.17) is 0 Å². The smallest absolute Gasteiger partial charge is 0.329 e. The Balaban J connectivity index is 1.97. The van der Waals surface area contributed by atoms with Crippen LogP contribution < -0.4 is 4.90 Å². The number of hydrogen-bond donors (Lipinski definition) is 0. The van der Waals surface area contributed by atoms with Crippen molar-refractivity contribution in [1.29, 1.82) is 0 Å². The van der Waals surface area contributed by atoms with E-state index in [2.05, 4.69) is 9.97 Å². The molecule has 6 heteroatoms. The van der Waals surface area contributed by atoms with Gasteiger partial charge in [0.2, 0.25) is 5.82 Å². The zero-order valence-electron chi connectivity index (χ0n) is 12.9. The van der Waals surface area contributed by atoms with Gasteiger partial charge in [-0.2, -0.15) is 0 Å². The molecule has 0 amide bonds. The van der Waals surface area contributed by atoms with E-state index in [0.29, 0.717) is 18.9 Å². The van der Waals surface area contributed by atoms with Gasteiger partial charge in [-0.3, -0.25) is 10.1 Å². The van der Waals surface area contributed by atoms with Gasteiger partial charge in [0.1, 0.15) is 12.5 Å². The van der Waals surface area contributed by atoms with Crippen molar-refractivity contribution in [1.82, 2.24) is 9.97 Å². The molecule has 0 fully saturated rings. The molecule has 24 heavy (non-hydrogen) atoms. The maximum absolute atomic E-state index is 11.3. The molecule has 0 atom stereocenters. The minimum Gasteiger partial charge on any atom is -0.342 e. The first-order chi connectivity index (χ1) is 11.7. The van der Waals surface area contributed by atoms with Gasteiger partial charge in [-0.15, -0.1) is 0 Å². The third kappa shape index (κ3) is 3.73. The fourth-order valence-corrected chi connectivity index (χ4v) is 2.50. The van der Waals surface area contributed by atoms with Crippen LogP contribution in [0.3, 0.4) is 0 Å². The highest BCUT2D eigenvalue weighted by molar-refractivity contribution is 5.56. The molecule has 0 saturated heterocycles. The molecule has 0 N–H and O–H groups in total. The normalized spacial score (nSPS) is 10.3. The van der Waals surface area contributed by atoms with E-state index in [1.54, 1.807) is 0 Å². The van der Waals surface area contributed by atoms with Crippen molar-refractivity contribution in [3.05, 3.63) is 94.4 Å². The highest BCUT2D eigenvalue weighted by atomic mass is 16.6. The number of benzene rings is 2. The average molecular weight is 320 g/mol. The Hall–Kier alpha value is -3.28. The van der Waals surface area contributed by atoms with Crippen LogP contribution in [0, 0.1) is 10.1 Å². The molecule has 3 aromatic rings. The molecule has 0 aliphatic rings.